The number of amides is 1. The van der Waals surface area contributed by atoms with Crippen molar-refractivity contribution >= 4 is 12.0 Å². The summed E-state index contributed by atoms with van der Waals surface area (Å²) in [7, 11) is 0. The molecule has 2 heterocycles. The van der Waals surface area contributed by atoms with Crippen LogP contribution >= 0.6 is 0 Å². The molecule has 1 aliphatic heterocycles. The zero-order valence-corrected chi connectivity index (χ0v) is 11.0. The average Bonchev–Trinajstić information content (AvgIpc) is 2.94. The van der Waals surface area contributed by atoms with E-state index in [9.17, 15) is 4.79 Å². The molecule has 1 aliphatic carbocycles. The second-order valence-corrected chi connectivity index (χ2v) is 5.32. The maximum absolute atomic E-state index is 12.0. The first kappa shape index (κ1) is 12.5. The van der Waals surface area contributed by atoms with Gasteiger partial charge in [-0.25, -0.2) is 0 Å². The summed E-state index contributed by atoms with van der Waals surface area (Å²) in [6, 6.07) is 3.64. The molecule has 0 spiro atoms. The van der Waals surface area contributed by atoms with Crippen molar-refractivity contribution in [1.29, 1.82) is 0 Å². The smallest absolute Gasteiger partial charge is 0.246 e. The second-order valence-electron chi connectivity index (χ2n) is 5.32. The minimum absolute atomic E-state index is 0.0360. The summed E-state index contributed by atoms with van der Waals surface area (Å²) in [6.07, 6.45) is 8.67. The summed E-state index contributed by atoms with van der Waals surface area (Å²) in [4.78, 5) is 13.8. The number of nitrogens with zero attached hydrogens (tertiary/aromatic N) is 1. The number of carbonyl (C=O) groups excluding carboxylic acids is 1. The molecule has 0 bridgehead atoms. The van der Waals surface area contributed by atoms with Gasteiger partial charge in [0.05, 0.1) is 12.4 Å². The highest BCUT2D eigenvalue weighted by atomic mass is 16.5. The summed E-state index contributed by atoms with van der Waals surface area (Å²) < 4.78 is 11.0. The van der Waals surface area contributed by atoms with Gasteiger partial charge in [0, 0.05) is 25.8 Å². The molecular weight excluding hydrogens is 242 g/mol. The normalized spacial score (nSPS) is 23.4. The van der Waals surface area contributed by atoms with E-state index >= 15 is 0 Å². The monoisotopic (exact) mass is 261 g/mol. The molecule has 1 amide bonds. The SMILES string of the molecule is O=C(/C=C/c1ccco1)N1CC[C@H](OCC2CC2)C1. The van der Waals surface area contributed by atoms with Crippen molar-refractivity contribution in [2.24, 2.45) is 5.92 Å². The minimum atomic E-state index is 0.0360. The van der Waals surface area contributed by atoms with Gasteiger partial charge in [-0.3, -0.25) is 4.79 Å². The van der Waals surface area contributed by atoms with Crippen LogP contribution in [0.4, 0.5) is 0 Å². The lowest BCUT2D eigenvalue weighted by atomic mass is 10.3. The van der Waals surface area contributed by atoms with Crippen molar-refractivity contribution in [3.63, 3.8) is 0 Å². The Morgan fingerprint density at radius 2 is 2.37 bits per heavy atom. The fraction of sp³-hybridized carbons (Fsp3) is 0.533. The first-order chi connectivity index (χ1) is 9.31. The van der Waals surface area contributed by atoms with Gasteiger partial charge >= 0.3 is 0 Å². The molecule has 0 N–H and O–H groups in total. The Bertz CT molecular complexity index is 448. The standard InChI is InChI=1S/C15H19NO3/c17-15(6-5-13-2-1-9-18-13)16-8-7-14(10-16)19-11-12-3-4-12/h1-2,5-6,9,12,14H,3-4,7-8,10-11H2/b6-5+/t14-/m0/s1. The summed E-state index contributed by atoms with van der Waals surface area (Å²) in [5, 5.41) is 0. The number of hydrogen-bond donors (Lipinski definition) is 0. The molecule has 2 aliphatic rings. The lowest BCUT2D eigenvalue weighted by molar-refractivity contribution is -0.125. The van der Waals surface area contributed by atoms with Crippen molar-refractivity contribution in [3.05, 3.63) is 30.2 Å². The van der Waals surface area contributed by atoms with Crippen LogP contribution in [-0.2, 0) is 9.53 Å². The Morgan fingerprint density at radius 3 is 3.11 bits per heavy atom. The average molecular weight is 261 g/mol. The van der Waals surface area contributed by atoms with Crippen LogP contribution in [0.5, 0.6) is 0 Å². The molecule has 0 radical (unpaired) electrons. The fourth-order valence-electron chi connectivity index (χ4n) is 2.27. The van der Waals surface area contributed by atoms with E-state index in [1.165, 1.54) is 12.8 Å². The van der Waals surface area contributed by atoms with E-state index < -0.39 is 0 Å². The first-order valence-electron chi connectivity index (χ1n) is 6.93. The maximum Gasteiger partial charge on any atom is 0.246 e. The van der Waals surface area contributed by atoms with Crippen LogP contribution in [0.15, 0.2) is 28.9 Å². The van der Waals surface area contributed by atoms with E-state index in [-0.39, 0.29) is 12.0 Å². The van der Waals surface area contributed by atoms with Gasteiger partial charge in [-0.2, -0.15) is 0 Å². The minimum Gasteiger partial charge on any atom is -0.465 e. The highest BCUT2D eigenvalue weighted by Gasteiger charge is 2.28. The molecule has 4 heteroatoms. The summed E-state index contributed by atoms with van der Waals surface area (Å²) >= 11 is 0. The number of carbonyl (C=O) groups is 1. The van der Waals surface area contributed by atoms with Crippen molar-refractivity contribution in [2.75, 3.05) is 19.7 Å². The van der Waals surface area contributed by atoms with Crippen LogP contribution in [0.25, 0.3) is 6.08 Å². The van der Waals surface area contributed by atoms with Crippen molar-refractivity contribution in [3.8, 4) is 0 Å². The van der Waals surface area contributed by atoms with Gasteiger partial charge in [0.2, 0.25) is 5.91 Å². The maximum atomic E-state index is 12.0. The van der Waals surface area contributed by atoms with E-state index in [4.69, 9.17) is 9.15 Å². The van der Waals surface area contributed by atoms with Gasteiger partial charge in [0.1, 0.15) is 5.76 Å². The van der Waals surface area contributed by atoms with Gasteiger partial charge in [-0.05, 0) is 43.4 Å². The molecule has 0 unspecified atom stereocenters. The summed E-state index contributed by atoms with van der Waals surface area (Å²) in [5.41, 5.74) is 0. The van der Waals surface area contributed by atoms with Crippen molar-refractivity contribution in [2.45, 2.75) is 25.4 Å². The molecule has 1 aromatic rings. The van der Waals surface area contributed by atoms with E-state index in [1.54, 1.807) is 18.4 Å². The Morgan fingerprint density at radius 1 is 1.47 bits per heavy atom. The van der Waals surface area contributed by atoms with Gasteiger partial charge in [-0.1, -0.05) is 0 Å². The Hall–Kier alpha value is -1.55. The van der Waals surface area contributed by atoms with E-state index in [0.717, 1.165) is 25.5 Å². The Labute approximate surface area is 113 Å². The first-order valence-corrected chi connectivity index (χ1v) is 6.93. The third-order valence-corrected chi connectivity index (χ3v) is 3.65. The number of furan rings is 1. The lowest BCUT2D eigenvalue weighted by Gasteiger charge is -2.14. The number of rotatable bonds is 5. The Balaban J connectivity index is 1.45. The highest BCUT2D eigenvalue weighted by Crippen LogP contribution is 2.30. The predicted molar refractivity (Wildman–Crippen MR) is 71.4 cm³/mol. The number of ether oxygens (including phenoxy) is 1. The van der Waals surface area contributed by atoms with Crippen LogP contribution in [-0.4, -0.2) is 36.6 Å². The number of hydrogen-bond acceptors (Lipinski definition) is 3. The molecule has 4 nitrogen and oxygen atoms in total. The fourth-order valence-corrected chi connectivity index (χ4v) is 2.27. The third kappa shape index (κ3) is 3.47. The quantitative estimate of drug-likeness (QED) is 0.764. The predicted octanol–water partition coefficient (Wildman–Crippen LogP) is 2.32. The Kier molecular flexibility index (Phi) is 3.69. The molecule has 1 saturated carbocycles. The zero-order valence-electron chi connectivity index (χ0n) is 11.0. The molecule has 1 aromatic heterocycles. The largest absolute Gasteiger partial charge is 0.465 e. The molecule has 1 atom stereocenters. The van der Waals surface area contributed by atoms with Crippen molar-refractivity contribution in [1.82, 2.24) is 4.90 Å². The van der Waals surface area contributed by atoms with Gasteiger partial charge in [-0.15, -0.1) is 0 Å². The second kappa shape index (κ2) is 5.61. The molecular formula is C15H19NO3. The number of likely N-dealkylation sites (tertiary alicyclic amines) is 1. The topological polar surface area (TPSA) is 42.7 Å². The molecule has 3 rings (SSSR count). The van der Waals surface area contributed by atoms with E-state index in [1.807, 2.05) is 17.0 Å². The van der Waals surface area contributed by atoms with Crippen LogP contribution in [0.3, 0.4) is 0 Å². The van der Waals surface area contributed by atoms with E-state index in [0.29, 0.717) is 12.3 Å². The molecule has 0 aromatic carbocycles. The van der Waals surface area contributed by atoms with Crippen LogP contribution in [0.2, 0.25) is 0 Å². The highest BCUT2D eigenvalue weighted by molar-refractivity contribution is 5.91. The molecule has 1 saturated heterocycles. The molecule has 19 heavy (non-hydrogen) atoms. The van der Waals surface area contributed by atoms with Crippen LogP contribution in [0.1, 0.15) is 25.0 Å². The van der Waals surface area contributed by atoms with Crippen molar-refractivity contribution < 1.29 is 13.9 Å². The lowest BCUT2D eigenvalue weighted by Crippen LogP contribution is -2.28. The summed E-state index contributed by atoms with van der Waals surface area (Å²) in [5.74, 6) is 1.52. The van der Waals surface area contributed by atoms with Crippen LogP contribution < -0.4 is 0 Å². The van der Waals surface area contributed by atoms with Crippen LogP contribution in [0, 0.1) is 5.92 Å². The molecule has 2 fully saturated rings. The van der Waals surface area contributed by atoms with Gasteiger partial charge in [0.15, 0.2) is 0 Å². The zero-order chi connectivity index (χ0) is 13.1. The van der Waals surface area contributed by atoms with Gasteiger partial charge < -0.3 is 14.1 Å². The molecule has 102 valence electrons. The van der Waals surface area contributed by atoms with E-state index in [2.05, 4.69) is 0 Å². The third-order valence-electron chi connectivity index (χ3n) is 3.65. The van der Waals surface area contributed by atoms with Gasteiger partial charge in [0.25, 0.3) is 0 Å². The summed E-state index contributed by atoms with van der Waals surface area (Å²) in [6.45, 7) is 2.37.